The number of hydrogen-bond donors (Lipinski definition) is 1. The fraction of sp³-hybridized carbons (Fsp3) is 0.455. The predicted octanol–water partition coefficient (Wildman–Crippen LogP) is 2.13. The fourth-order valence-corrected chi connectivity index (χ4v) is 2.31. The van der Waals surface area contributed by atoms with Gasteiger partial charge in [-0.25, -0.2) is 8.78 Å². The predicted molar refractivity (Wildman–Crippen MR) is 62.2 cm³/mol. The Morgan fingerprint density at radius 2 is 1.94 bits per heavy atom. The van der Waals surface area contributed by atoms with Gasteiger partial charge in [0.25, 0.3) is 0 Å². The molecule has 1 saturated heterocycles. The first-order valence-corrected chi connectivity index (χ1v) is 6.02. The molecule has 0 aliphatic carbocycles. The third-order valence-electron chi connectivity index (χ3n) is 2.67. The second-order valence-corrected chi connectivity index (χ2v) is 4.74. The second kappa shape index (κ2) is 5.21. The van der Waals surface area contributed by atoms with E-state index in [4.69, 9.17) is 0 Å². The highest BCUT2D eigenvalue weighted by Crippen LogP contribution is 2.22. The van der Waals surface area contributed by atoms with Crippen LogP contribution in [0.1, 0.15) is 5.56 Å². The molecule has 1 aromatic carbocycles. The third-order valence-corrected chi connectivity index (χ3v) is 3.25. The van der Waals surface area contributed by atoms with Gasteiger partial charge in [0.1, 0.15) is 11.6 Å². The van der Waals surface area contributed by atoms with E-state index in [1.807, 2.05) is 0 Å². The van der Waals surface area contributed by atoms with Crippen LogP contribution in [0.25, 0.3) is 0 Å². The van der Waals surface area contributed by atoms with Gasteiger partial charge in [0.2, 0.25) is 0 Å². The zero-order valence-corrected chi connectivity index (χ0v) is 10.4. The van der Waals surface area contributed by atoms with E-state index in [2.05, 4.69) is 26.1 Å². The van der Waals surface area contributed by atoms with Crippen LogP contribution >= 0.6 is 15.9 Å². The molecule has 5 heteroatoms. The van der Waals surface area contributed by atoms with Gasteiger partial charge in [0.15, 0.2) is 0 Å². The summed E-state index contributed by atoms with van der Waals surface area (Å²) in [6.45, 7) is 4.00. The molecular weight excluding hydrogens is 278 g/mol. The first kappa shape index (κ1) is 12.0. The van der Waals surface area contributed by atoms with Crippen LogP contribution in [0.15, 0.2) is 16.6 Å². The number of nitrogens with zero attached hydrogens (tertiary/aromatic N) is 1. The standard InChI is InChI=1S/C11H13BrF2N2/c12-10-6-9(13)5-8(11(10)14)7-16-3-1-15-2-4-16/h5-6,15H,1-4,7H2. The summed E-state index contributed by atoms with van der Waals surface area (Å²) in [4.78, 5) is 2.11. The van der Waals surface area contributed by atoms with Gasteiger partial charge in [0, 0.05) is 38.3 Å². The molecule has 1 fully saturated rings. The molecule has 88 valence electrons. The molecule has 1 aromatic rings. The maximum atomic E-state index is 13.7. The Balaban J connectivity index is 2.13. The van der Waals surface area contributed by atoms with Crippen LogP contribution in [-0.4, -0.2) is 31.1 Å². The first-order valence-electron chi connectivity index (χ1n) is 5.23. The van der Waals surface area contributed by atoms with Gasteiger partial charge in [-0.05, 0) is 28.1 Å². The highest BCUT2D eigenvalue weighted by molar-refractivity contribution is 9.10. The lowest BCUT2D eigenvalue weighted by Crippen LogP contribution is -2.43. The summed E-state index contributed by atoms with van der Waals surface area (Å²) >= 11 is 3.02. The monoisotopic (exact) mass is 290 g/mol. The quantitative estimate of drug-likeness (QED) is 0.840. The van der Waals surface area contributed by atoms with E-state index in [0.29, 0.717) is 12.1 Å². The van der Waals surface area contributed by atoms with Crippen molar-refractivity contribution in [3.63, 3.8) is 0 Å². The third kappa shape index (κ3) is 2.78. The maximum Gasteiger partial charge on any atom is 0.142 e. The van der Waals surface area contributed by atoms with Crippen LogP contribution in [-0.2, 0) is 6.54 Å². The molecule has 2 nitrogen and oxygen atoms in total. The van der Waals surface area contributed by atoms with Gasteiger partial charge >= 0.3 is 0 Å². The maximum absolute atomic E-state index is 13.7. The molecule has 0 aromatic heterocycles. The Kier molecular flexibility index (Phi) is 3.89. The molecule has 0 saturated carbocycles. The summed E-state index contributed by atoms with van der Waals surface area (Å²) in [5.74, 6) is -0.765. The van der Waals surface area contributed by atoms with Crippen molar-refractivity contribution in [3.05, 3.63) is 33.8 Å². The van der Waals surface area contributed by atoms with E-state index in [9.17, 15) is 8.78 Å². The lowest BCUT2D eigenvalue weighted by molar-refractivity contribution is 0.230. The molecule has 0 radical (unpaired) electrons. The van der Waals surface area contributed by atoms with Crippen LogP contribution in [0.4, 0.5) is 8.78 Å². The Hall–Kier alpha value is -0.520. The molecule has 0 spiro atoms. The van der Waals surface area contributed by atoms with Crippen molar-refractivity contribution >= 4 is 15.9 Å². The molecule has 16 heavy (non-hydrogen) atoms. The Bertz CT molecular complexity index is 378. The Morgan fingerprint density at radius 3 is 2.62 bits per heavy atom. The molecular formula is C11H13BrF2N2. The van der Waals surface area contributed by atoms with Crippen molar-refractivity contribution in [1.29, 1.82) is 0 Å². The average Bonchev–Trinajstić information content (AvgIpc) is 2.27. The molecule has 0 amide bonds. The van der Waals surface area contributed by atoms with Gasteiger partial charge in [-0.15, -0.1) is 0 Å². The molecule has 2 rings (SSSR count). The molecule has 0 bridgehead atoms. The Labute approximate surface area is 102 Å². The summed E-state index contributed by atoms with van der Waals surface area (Å²) in [5.41, 5.74) is 0.411. The number of piperazine rings is 1. The minimum absolute atomic E-state index is 0.192. The van der Waals surface area contributed by atoms with Gasteiger partial charge in [-0.3, -0.25) is 4.90 Å². The summed E-state index contributed by atoms with van der Waals surface area (Å²) < 4.78 is 27.0. The highest BCUT2D eigenvalue weighted by Gasteiger charge is 2.14. The van der Waals surface area contributed by atoms with Crippen molar-refractivity contribution in [2.75, 3.05) is 26.2 Å². The smallest absolute Gasteiger partial charge is 0.142 e. The van der Waals surface area contributed by atoms with Gasteiger partial charge in [0.05, 0.1) is 4.47 Å². The van der Waals surface area contributed by atoms with Crippen LogP contribution in [0.3, 0.4) is 0 Å². The minimum atomic E-state index is -0.404. The van der Waals surface area contributed by atoms with Crippen LogP contribution in [0.5, 0.6) is 0 Å². The summed E-state index contributed by atoms with van der Waals surface area (Å²) in [6, 6.07) is 2.42. The summed E-state index contributed by atoms with van der Waals surface area (Å²) in [6.07, 6.45) is 0. The fourth-order valence-electron chi connectivity index (χ4n) is 1.83. The zero-order valence-electron chi connectivity index (χ0n) is 8.77. The number of benzene rings is 1. The van der Waals surface area contributed by atoms with Crippen LogP contribution < -0.4 is 5.32 Å². The number of halogens is 3. The normalized spacial score (nSPS) is 17.7. The van der Waals surface area contributed by atoms with Crippen molar-refractivity contribution in [2.24, 2.45) is 0 Å². The van der Waals surface area contributed by atoms with Crippen molar-refractivity contribution in [1.82, 2.24) is 10.2 Å². The number of nitrogens with one attached hydrogen (secondary N) is 1. The molecule has 1 aliphatic rings. The lowest BCUT2D eigenvalue weighted by atomic mass is 10.2. The van der Waals surface area contributed by atoms with E-state index in [0.717, 1.165) is 32.2 Å². The van der Waals surface area contributed by atoms with Crippen molar-refractivity contribution in [3.8, 4) is 0 Å². The van der Waals surface area contributed by atoms with Crippen molar-refractivity contribution in [2.45, 2.75) is 6.54 Å². The van der Waals surface area contributed by atoms with Crippen molar-refractivity contribution < 1.29 is 8.78 Å². The van der Waals surface area contributed by atoms with E-state index < -0.39 is 5.82 Å². The summed E-state index contributed by atoms with van der Waals surface area (Å²) in [7, 11) is 0. The molecule has 0 unspecified atom stereocenters. The molecule has 0 atom stereocenters. The van der Waals surface area contributed by atoms with Crippen LogP contribution in [0, 0.1) is 11.6 Å². The highest BCUT2D eigenvalue weighted by atomic mass is 79.9. The largest absolute Gasteiger partial charge is 0.314 e. The second-order valence-electron chi connectivity index (χ2n) is 3.89. The molecule has 1 aliphatic heterocycles. The number of hydrogen-bond acceptors (Lipinski definition) is 2. The van der Waals surface area contributed by atoms with Gasteiger partial charge < -0.3 is 5.32 Å². The average molecular weight is 291 g/mol. The van der Waals surface area contributed by atoms with E-state index in [1.54, 1.807) is 0 Å². The van der Waals surface area contributed by atoms with Gasteiger partial charge in [-0.1, -0.05) is 0 Å². The van der Waals surface area contributed by atoms with E-state index in [-0.39, 0.29) is 10.3 Å². The van der Waals surface area contributed by atoms with E-state index in [1.165, 1.54) is 6.07 Å². The van der Waals surface area contributed by atoms with Crippen LogP contribution in [0.2, 0.25) is 0 Å². The first-order chi connectivity index (χ1) is 7.66. The SMILES string of the molecule is Fc1cc(Br)c(F)c(CN2CCNCC2)c1. The lowest BCUT2D eigenvalue weighted by Gasteiger charge is -2.27. The Morgan fingerprint density at radius 1 is 1.25 bits per heavy atom. The van der Waals surface area contributed by atoms with Gasteiger partial charge in [-0.2, -0.15) is 0 Å². The topological polar surface area (TPSA) is 15.3 Å². The summed E-state index contributed by atoms with van der Waals surface area (Å²) in [5, 5.41) is 3.22. The zero-order chi connectivity index (χ0) is 11.5. The molecule has 1 heterocycles. The van der Waals surface area contributed by atoms with E-state index >= 15 is 0 Å². The minimum Gasteiger partial charge on any atom is -0.314 e. The molecule has 1 N–H and O–H groups in total. The number of rotatable bonds is 2.